The summed E-state index contributed by atoms with van der Waals surface area (Å²) in [6.07, 6.45) is 0. The van der Waals surface area contributed by atoms with Gasteiger partial charge in [0.05, 0.1) is 0 Å². The second-order valence-electron chi connectivity index (χ2n) is 8.73. The molecule has 0 fully saturated rings. The zero-order chi connectivity index (χ0) is 24.7. The number of aryl methyl sites for hydroxylation is 2. The van der Waals surface area contributed by atoms with Crippen LogP contribution in [0.3, 0.4) is 0 Å². The smallest absolute Gasteiger partial charge is 0.261 e. The summed E-state index contributed by atoms with van der Waals surface area (Å²) in [5.41, 5.74) is 4.32. The number of carbonyl (C=O) groups is 3. The van der Waals surface area contributed by atoms with Crippen LogP contribution in [0, 0.1) is 13.8 Å². The molecule has 3 amide bonds. The molecule has 0 spiro atoms. The van der Waals surface area contributed by atoms with Gasteiger partial charge in [0.25, 0.3) is 17.7 Å². The second-order valence-corrected chi connectivity index (χ2v) is 9.64. The molecule has 1 heterocycles. The lowest BCUT2D eigenvalue weighted by atomic mass is 9.94. The minimum Gasteiger partial charge on any atom is -0.306 e. The van der Waals surface area contributed by atoms with Gasteiger partial charge in [-0.15, -0.1) is 0 Å². The second kappa shape index (κ2) is 9.12. The Bertz CT molecular complexity index is 1460. The van der Waals surface area contributed by atoms with Crippen molar-refractivity contribution >= 4 is 50.1 Å². The van der Waals surface area contributed by atoms with Gasteiger partial charge < -0.3 is 4.90 Å². The summed E-state index contributed by atoms with van der Waals surface area (Å²) in [5.74, 6) is -0.873. The molecule has 0 radical (unpaired) electrons. The van der Waals surface area contributed by atoms with Gasteiger partial charge in [-0.2, -0.15) is 0 Å². The molecule has 4 aromatic rings. The van der Waals surface area contributed by atoms with E-state index in [2.05, 4.69) is 15.9 Å². The van der Waals surface area contributed by atoms with Crippen molar-refractivity contribution in [2.45, 2.75) is 13.8 Å². The van der Waals surface area contributed by atoms with E-state index in [9.17, 15) is 14.4 Å². The van der Waals surface area contributed by atoms with Gasteiger partial charge in [0, 0.05) is 45.3 Å². The Morgan fingerprint density at radius 3 is 2.14 bits per heavy atom. The maximum absolute atomic E-state index is 13.6. The highest BCUT2D eigenvalue weighted by molar-refractivity contribution is 9.10. The lowest BCUT2D eigenvalue weighted by Gasteiger charge is -2.31. The highest BCUT2D eigenvalue weighted by Gasteiger charge is 2.33. The quantitative estimate of drug-likeness (QED) is 0.292. The number of hydrogen-bond donors (Lipinski definition) is 0. The van der Waals surface area contributed by atoms with Crippen LogP contribution >= 0.6 is 15.9 Å². The number of benzene rings is 4. The lowest BCUT2D eigenvalue weighted by molar-refractivity contribution is 0.0611. The van der Waals surface area contributed by atoms with Crippen LogP contribution in [0.2, 0.25) is 0 Å². The molecule has 0 aromatic heterocycles. The van der Waals surface area contributed by atoms with Crippen LogP contribution in [0.15, 0.2) is 83.3 Å². The van der Waals surface area contributed by atoms with Gasteiger partial charge in [-0.3, -0.25) is 19.3 Å². The zero-order valence-electron chi connectivity index (χ0n) is 19.4. The maximum Gasteiger partial charge on any atom is 0.261 e. The molecule has 5 nitrogen and oxygen atoms in total. The highest BCUT2D eigenvalue weighted by Crippen LogP contribution is 2.30. The number of rotatable bonds is 5. The number of hydrogen-bond acceptors (Lipinski definition) is 3. The molecular formula is C29H23BrN2O3. The maximum atomic E-state index is 13.6. The van der Waals surface area contributed by atoms with Gasteiger partial charge in [0.1, 0.15) is 0 Å². The number of anilines is 1. The predicted octanol–water partition coefficient (Wildman–Crippen LogP) is 6.16. The van der Waals surface area contributed by atoms with E-state index < -0.39 is 0 Å². The third kappa shape index (κ3) is 4.15. The van der Waals surface area contributed by atoms with Crippen LogP contribution in [0.25, 0.3) is 10.8 Å². The standard InChI is InChI=1S/C29H23BrN2O3/c1-18-12-13-25(19(2)16-18)31(27(33)21-8-3-9-22(30)17-21)14-15-32-28(34)23-10-4-6-20-7-5-11-24(26(20)23)29(32)35/h3-13,16-17H,14-15H2,1-2H3. The van der Waals surface area contributed by atoms with Crippen LogP contribution in [-0.4, -0.2) is 35.7 Å². The molecule has 0 saturated carbocycles. The summed E-state index contributed by atoms with van der Waals surface area (Å²) in [7, 11) is 0. The molecular weight excluding hydrogens is 504 g/mol. The molecule has 0 aliphatic carbocycles. The van der Waals surface area contributed by atoms with E-state index in [1.54, 1.807) is 29.2 Å². The summed E-state index contributed by atoms with van der Waals surface area (Å²) in [5, 5.41) is 1.56. The molecule has 0 atom stereocenters. The number of amides is 3. The van der Waals surface area contributed by atoms with Crippen LogP contribution in [-0.2, 0) is 0 Å². The summed E-state index contributed by atoms with van der Waals surface area (Å²) < 4.78 is 0.801. The number of carbonyl (C=O) groups excluding carboxylic acids is 3. The Balaban J connectivity index is 1.50. The molecule has 1 aliphatic heterocycles. The van der Waals surface area contributed by atoms with Crippen molar-refractivity contribution < 1.29 is 14.4 Å². The van der Waals surface area contributed by atoms with Crippen molar-refractivity contribution in [1.82, 2.24) is 4.90 Å². The first-order chi connectivity index (χ1) is 16.8. The van der Waals surface area contributed by atoms with Crippen molar-refractivity contribution in [3.8, 4) is 0 Å². The first-order valence-corrected chi connectivity index (χ1v) is 12.2. The molecule has 0 bridgehead atoms. The molecule has 5 rings (SSSR count). The van der Waals surface area contributed by atoms with E-state index in [1.807, 2.05) is 68.4 Å². The van der Waals surface area contributed by atoms with Crippen molar-refractivity contribution in [3.63, 3.8) is 0 Å². The summed E-state index contributed by atoms with van der Waals surface area (Å²) in [6, 6.07) is 24.0. The lowest BCUT2D eigenvalue weighted by Crippen LogP contribution is -2.46. The largest absolute Gasteiger partial charge is 0.306 e. The number of imide groups is 1. The third-order valence-electron chi connectivity index (χ3n) is 6.36. The van der Waals surface area contributed by atoms with Crippen LogP contribution in [0.4, 0.5) is 5.69 Å². The van der Waals surface area contributed by atoms with E-state index in [-0.39, 0.29) is 30.8 Å². The normalized spacial score (nSPS) is 12.8. The predicted molar refractivity (Wildman–Crippen MR) is 141 cm³/mol. The molecule has 0 unspecified atom stereocenters. The summed E-state index contributed by atoms with van der Waals surface area (Å²) in [6.45, 7) is 4.21. The van der Waals surface area contributed by atoms with Gasteiger partial charge in [0.2, 0.25) is 0 Å². The van der Waals surface area contributed by atoms with Crippen molar-refractivity contribution in [1.29, 1.82) is 0 Å². The minimum absolute atomic E-state index is 0.0788. The molecule has 35 heavy (non-hydrogen) atoms. The first kappa shape index (κ1) is 23.0. The van der Waals surface area contributed by atoms with Gasteiger partial charge in [-0.1, -0.05) is 64.0 Å². The van der Waals surface area contributed by atoms with E-state index in [0.29, 0.717) is 22.1 Å². The fourth-order valence-corrected chi connectivity index (χ4v) is 5.10. The van der Waals surface area contributed by atoms with Crippen molar-refractivity contribution in [2.24, 2.45) is 0 Å². The molecule has 6 heteroatoms. The average Bonchev–Trinajstić information content (AvgIpc) is 2.85. The Morgan fingerprint density at radius 1 is 0.857 bits per heavy atom. The van der Waals surface area contributed by atoms with Crippen LogP contribution < -0.4 is 4.90 Å². The number of halogens is 1. The summed E-state index contributed by atoms with van der Waals surface area (Å²) in [4.78, 5) is 43.3. The Morgan fingerprint density at radius 2 is 1.51 bits per heavy atom. The van der Waals surface area contributed by atoms with Gasteiger partial charge in [-0.25, -0.2) is 0 Å². The van der Waals surface area contributed by atoms with Crippen molar-refractivity contribution in [3.05, 3.63) is 111 Å². The summed E-state index contributed by atoms with van der Waals surface area (Å²) >= 11 is 3.44. The molecule has 0 N–H and O–H groups in total. The van der Waals surface area contributed by atoms with E-state index >= 15 is 0 Å². The van der Waals surface area contributed by atoms with E-state index in [1.165, 1.54) is 4.90 Å². The zero-order valence-corrected chi connectivity index (χ0v) is 21.0. The van der Waals surface area contributed by atoms with Gasteiger partial charge in [-0.05, 0) is 61.2 Å². The third-order valence-corrected chi connectivity index (χ3v) is 6.86. The number of nitrogens with zero attached hydrogens (tertiary/aromatic N) is 2. The monoisotopic (exact) mass is 526 g/mol. The molecule has 1 aliphatic rings. The van der Waals surface area contributed by atoms with Crippen LogP contribution in [0.1, 0.15) is 42.2 Å². The Hall–Kier alpha value is -3.77. The van der Waals surface area contributed by atoms with E-state index in [4.69, 9.17) is 0 Å². The fourth-order valence-electron chi connectivity index (χ4n) is 4.70. The van der Waals surface area contributed by atoms with Crippen LogP contribution in [0.5, 0.6) is 0 Å². The van der Waals surface area contributed by atoms with Crippen molar-refractivity contribution in [2.75, 3.05) is 18.0 Å². The first-order valence-electron chi connectivity index (χ1n) is 11.4. The Labute approximate surface area is 212 Å². The molecule has 174 valence electrons. The van der Waals surface area contributed by atoms with E-state index in [0.717, 1.165) is 26.7 Å². The van der Waals surface area contributed by atoms with Gasteiger partial charge >= 0.3 is 0 Å². The highest BCUT2D eigenvalue weighted by atomic mass is 79.9. The average molecular weight is 527 g/mol. The Kier molecular flexibility index (Phi) is 5.99. The molecule has 4 aromatic carbocycles. The fraction of sp³-hybridized carbons (Fsp3) is 0.138. The SMILES string of the molecule is Cc1ccc(N(CCN2C(=O)c3cccc4cccc(c34)C2=O)C(=O)c2cccc(Br)c2)c(C)c1. The topological polar surface area (TPSA) is 57.7 Å². The van der Waals surface area contributed by atoms with Gasteiger partial charge in [0.15, 0.2) is 0 Å². The molecule has 0 saturated heterocycles. The minimum atomic E-state index is -0.338.